The molecule has 0 spiro atoms. The van der Waals surface area contributed by atoms with E-state index in [0.717, 1.165) is 53.2 Å². The normalized spacial score (nSPS) is 11.5. The summed E-state index contributed by atoms with van der Waals surface area (Å²) in [6.07, 6.45) is -2.31. The molecular weight excluding hydrogens is 341 g/mol. The third-order valence-electron chi connectivity index (χ3n) is 4.14. The van der Waals surface area contributed by atoms with E-state index in [1.165, 1.54) is 12.1 Å². The van der Waals surface area contributed by atoms with Crippen molar-refractivity contribution < 1.29 is 17.9 Å². The zero-order chi connectivity index (χ0) is 19.3. The summed E-state index contributed by atoms with van der Waals surface area (Å²) in [4.78, 5) is 4.80. The van der Waals surface area contributed by atoms with Crippen LogP contribution in [0.1, 0.15) is 44.0 Å². The molecule has 0 atom stereocenters. The Balaban J connectivity index is 2.46. The van der Waals surface area contributed by atoms with Crippen LogP contribution >= 0.6 is 0 Å². The molecule has 1 N–H and O–H groups in total. The molecule has 6 heteroatoms. The minimum Gasteiger partial charge on any atom is -0.406 e. The maximum absolute atomic E-state index is 12.5. The monoisotopic (exact) mass is 366 g/mol. The van der Waals surface area contributed by atoms with Crippen LogP contribution in [0.2, 0.25) is 0 Å². The van der Waals surface area contributed by atoms with Gasteiger partial charge in [-0.1, -0.05) is 20.8 Å². The first kappa shape index (κ1) is 20.1. The van der Waals surface area contributed by atoms with Crippen LogP contribution in [0.25, 0.3) is 11.3 Å². The van der Waals surface area contributed by atoms with E-state index in [1.54, 1.807) is 6.07 Å². The number of hydrogen-bond donors (Lipinski definition) is 1. The van der Waals surface area contributed by atoms with Crippen molar-refractivity contribution in [2.75, 3.05) is 11.9 Å². The fourth-order valence-corrected chi connectivity index (χ4v) is 2.90. The lowest BCUT2D eigenvalue weighted by Gasteiger charge is -2.17. The topological polar surface area (TPSA) is 34.1 Å². The molecule has 2 aromatic rings. The van der Waals surface area contributed by atoms with Crippen molar-refractivity contribution >= 4 is 5.69 Å². The van der Waals surface area contributed by atoms with Gasteiger partial charge in [-0.25, -0.2) is 0 Å². The highest BCUT2D eigenvalue weighted by Gasteiger charge is 2.31. The number of hydrogen-bond acceptors (Lipinski definition) is 3. The molecular formula is C20H25F3N2O. The molecule has 0 radical (unpaired) electrons. The summed E-state index contributed by atoms with van der Waals surface area (Å²) >= 11 is 0. The van der Waals surface area contributed by atoms with E-state index < -0.39 is 6.36 Å². The number of benzene rings is 1. The van der Waals surface area contributed by atoms with Crippen LogP contribution in [0.4, 0.5) is 18.9 Å². The van der Waals surface area contributed by atoms with E-state index in [1.807, 2.05) is 20.8 Å². The summed E-state index contributed by atoms with van der Waals surface area (Å²) in [5.41, 5.74) is 5.39. The van der Waals surface area contributed by atoms with Gasteiger partial charge in [-0.2, -0.15) is 0 Å². The summed E-state index contributed by atoms with van der Waals surface area (Å²) in [7, 11) is 0. The van der Waals surface area contributed by atoms with Crippen LogP contribution < -0.4 is 10.1 Å². The van der Waals surface area contributed by atoms with E-state index in [4.69, 9.17) is 4.98 Å². The molecule has 0 unspecified atom stereocenters. The maximum atomic E-state index is 12.5. The Labute approximate surface area is 152 Å². The Morgan fingerprint density at radius 1 is 1.08 bits per heavy atom. The summed E-state index contributed by atoms with van der Waals surface area (Å²) in [6.45, 7) is 8.89. The van der Waals surface area contributed by atoms with Crippen molar-refractivity contribution in [2.24, 2.45) is 0 Å². The first-order valence-electron chi connectivity index (χ1n) is 8.92. The number of pyridine rings is 1. The van der Waals surface area contributed by atoms with Crippen LogP contribution in [-0.2, 0) is 12.8 Å². The van der Waals surface area contributed by atoms with Gasteiger partial charge in [0.15, 0.2) is 0 Å². The largest absolute Gasteiger partial charge is 0.573 e. The van der Waals surface area contributed by atoms with E-state index in [9.17, 15) is 13.2 Å². The number of anilines is 1. The van der Waals surface area contributed by atoms with Crippen molar-refractivity contribution in [1.82, 2.24) is 4.98 Å². The predicted octanol–water partition coefficient (Wildman–Crippen LogP) is 5.90. The van der Waals surface area contributed by atoms with Gasteiger partial charge >= 0.3 is 6.36 Å². The van der Waals surface area contributed by atoms with Crippen LogP contribution in [0.15, 0.2) is 24.3 Å². The van der Waals surface area contributed by atoms with Gasteiger partial charge in [0, 0.05) is 12.1 Å². The third-order valence-corrected chi connectivity index (χ3v) is 4.14. The number of alkyl halides is 3. The molecule has 0 saturated carbocycles. The van der Waals surface area contributed by atoms with Crippen molar-refractivity contribution in [3.63, 3.8) is 0 Å². The van der Waals surface area contributed by atoms with Crippen LogP contribution in [0.5, 0.6) is 5.75 Å². The van der Waals surface area contributed by atoms with Gasteiger partial charge in [-0.3, -0.25) is 4.98 Å². The van der Waals surface area contributed by atoms with E-state index in [2.05, 4.69) is 23.0 Å². The van der Waals surface area contributed by atoms with Gasteiger partial charge < -0.3 is 10.1 Å². The molecule has 1 aromatic heterocycles. The zero-order valence-corrected chi connectivity index (χ0v) is 15.6. The highest BCUT2D eigenvalue weighted by Crippen LogP contribution is 2.33. The van der Waals surface area contributed by atoms with E-state index in [-0.39, 0.29) is 5.75 Å². The SMILES string of the molecule is CCCNc1cc(C)c(-c2ccc(OC(F)(F)F)cc2CC)nc1CC. The minimum atomic E-state index is -4.69. The summed E-state index contributed by atoms with van der Waals surface area (Å²) in [5.74, 6) is -0.201. The standard InChI is InChI=1S/C20H25F3N2O/c1-5-10-24-18-11-13(4)19(25-17(18)7-3)16-9-8-15(12-14(16)6-2)26-20(21,22)23/h8-9,11-12,24H,5-7,10H2,1-4H3. The van der Waals surface area contributed by atoms with Gasteiger partial charge in [-0.15, -0.1) is 13.2 Å². The number of nitrogens with zero attached hydrogens (tertiary/aromatic N) is 1. The van der Waals surface area contributed by atoms with E-state index in [0.29, 0.717) is 6.42 Å². The molecule has 1 heterocycles. The van der Waals surface area contributed by atoms with E-state index >= 15 is 0 Å². The molecule has 142 valence electrons. The smallest absolute Gasteiger partial charge is 0.406 e. The number of aryl methyl sites for hydroxylation is 3. The Morgan fingerprint density at radius 2 is 1.81 bits per heavy atom. The minimum absolute atomic E-state index is 0.201. The maximum Gasteiger partial charge on any atom is 0.573 e. The molecule has 26 heavy (non-hydrogen) atoms. The van der Waals surface area contributed by atoms with Gasteiger partial charge in [0.25, 0.3) is 0 Å². The molecule has 0 amide bonds. The lowest BCUT2D eigenvalue weighted by Crippen LogP contribution is -2.17. The lowest BCUT2D eigenvalue weighted by molar-refractivity contribution is -0.274. The highest BCUT2D eigenvalue weighted by atomic mass is 19.4. The predicted molar refractivity (Wildman–Crippen MR) is 98.6 cm³/mol. The zero-order valence-electron chi connectivity index (χ0n) is 15.6. The lowest BCUT2D eigenvalue weighted by atomic mass is 9.98. The fourth-order valence-electron chi connectivity index (χ4n) is 2.90. The molecule has 1 aromatic carbocycles. The average molecular weight is 366 g/mol. The summed E-state index contributed by atoms with van der Waals surface area (Å²) < 4.78 is 41.4. The highest BCUT2D eigenvalue weighted by molar-refractivity contribution is 5.71. The molecule has 3 nitrogen and oxygen atoms in total. The molecule has 0 aliphatic carbocycles. The molecule has 0 fully saturated rings. The number of nitrogens with one attached hydrogen (secondary N) is 1. The van der Waals surface area contributed by atoms with Gasteiger partial charge in [0.1, 0.15) is 5.75 Å². The number of halogens is 3. The number of ether oxygens (including phenoxy) is 1. The second-order valence-electron chi connectivity index (χ2n) is 6.15. The molecule has 0 bridgehead atoms. The summed E-state index contributed by atoms with van der Waals surface area (Å²) in [5, 5.41) is 3.39. The third kappa shape index (κ3) is 4.90. The number of rotatable bonds is 7. The Kier molecular flexibility index (Phi) is 6.51. The number of aromatic nitrogens is 1. The second kappa shape index (κ2) is 8.43. The molecule has 0 aliphatic heterocycles. The Hall–Kier alpha value is -2.24. The molecule has 0 saturated heterocycles. The van der Waals surface area contributed by atoms with Crippen molar-refractivity contribution in [2.45, 2.75) is 53.3 Å². The van der Waals surface area contributed by atoms with Crippen molar-refractivity contribution in [1.29, 1.82) is 0 Å². The van der Waals surface area contributed by atoms with Gasteiger partial charge in [0.05, 0.1) is 17.1 Å². The summed E-state index contributed by atoms with van der Waals surface area (Å²) in [6, 6.07) is 6.51. The first-order valence-corrected chi connectivity index (χ1v) is 8.92. The Bertz CT molecular complexity index is 757. The van der Waals surface area contributed by atoms with Crippen LogP contribution in [0.3, 0.4) is 0 Å². The van der Waals surface area contributed by atoms with Gasteiger partial charge in [-0.05, 0) is 61.6 Å². The molecule has 2 rings (SSSR count). The average Bonchev–Trinajstić information content (AvgIpc) is 2.58. The second-order valence-corrected chi connectivity index (χ2v) is 6.15. The van der Waals surface area contributed by atoms with Gasteiger partial charge in [0.2, 0.25) is 0 Å². The van der Waals surface area contributed by atoms with Crippen molar-refractivity contribution in [3.05, 3.63) is 41.1 Å². The molecule has 0 aliphatic rings. The quantitative estimate of drug-likeness (QED) is 0.662. The first-order chi connectivity index (χ1) is 12.3. The van der Waals surface area contributed by atoms with Crippen LogP contribution in [-0.4, -0.2) is 17.9 Å². The Morgan fingerprint density at radius 3 is 2.38 bits per heavy atom. The fraction of sp³-hybridized carbons (Fsp3) is 0.450. The van der Waals surface area contributed by atoms with Crippen LogP contribution in [0, 0.1) is 6.92 Å². The van der Waals surface area contributed by atoms with Crippen molar-refractivity contribution in [3.8, 4) is 17.0 Å².